The number of hydrogen-bond donors (Lipinski definition) is 2. The van der Waals surface area contributed by atoms with Gasteiger partial charge in [-0.05, 0) is 29.8 Å². The highest BCUT2D eigenvalue weighted by Crippen LogP contribution is 2.42. The van der Waals surface area contributed by atoms with E-state index in [9.17, 15) is 19.8 Å². The van der Waals surface area contributed by atoms with E-state index in [1.54, 1.807) is 13.8 Å². The highest BCUT2D eigenvalue weighted by atomic mass is 79.9. The molecule has 0 saturated carbocycles. The Morgan fingerprint density at radius 1 is 0.733 bits per heavy atom. The molecular weight excluding hydrogens is 680 g/mol. The first-order valence-corrected chi connectivity index (χ1v) is 16.6. The van der Waals surface area contributed by atoms with Gasteiger partial charge in [-0.15, -0.1) is 22.7 Å². The van der Waals surface area contributed by atoms with Crippen molar-refractivity contribution in [2.75, 3.05) is 13.2 Å². The van der Waals surface area contributed by atoms with Crippen LogP contribution >= 0.6 is 38.6 Å². The molecule has 0 fully saturated rings. The third-order valence-corrected chi connectivity index (χ3v) is 9.78. The summed E-state index contributed by atoms with van der Waals surface area (Å²) in [5, 5.41) is 22.6. The number of halogens is 1. The van der Waals surface area contributed by atoms with E-state index >= 15 is 0 Å². The average molecular weight is 716 g/mol. The molecule has 0 unspecified atom stereocenters. The molecule has 0 aliphatic heterocycles. The van der Waals surface area contributed by atoms with Crippen LogP contribution in [0.2, 0.25) is 0 Å². The maximum atomic E-state index is 12.2. The zero-order chi connectivity index (χ0) is 33.3. The van der Waals surface area contributed by atoms with Crippen molar-refractivity contribution in [1.29, 1.82) is 0 Å². The molecule has 0 spiro atoms. The number of carbonyl (C=O) groups excluding carboxylic acids is 2. The second kappa shape index (κ2) is 13.4. The zero-order valence-electron chi connectivity index (χ0n) is 26.3. The van der Waals surface area contributed by atoms with Crippen LogP contribution in [0.25, 0.3) is 31.7 Å². The number of carbonyl (C=O) groups is 2. The summed E-state index contributed by atoms with van der Waals surface area (Å²) >= 11 is 6.03. The lowest BCUT2D eigenvalue weighted by atomic mass is 9.98. The van der Waals surface area contributed by atoms with Gasteiger partial charge < -0.3 is 19.7 Å². The predicted octanol–water partition coefficient (Wildman–Crippen LogP) is 8.17. The van der Waals surface area contributed by atoms with Gasteiger partial charge >= 0.3 is 11.9 Å². The normalized spacial score (nSPS) is 11.8. The monoisotopic (exact) mass is 714 g/mol. The molecule has 0 radical (unpaired) electrons. The van der Waals surface area contributed by atoms with Crippen LogP contribution in [0.5, 0.6) is 11.5 Å². The number of hydrogen-bond acceptors (Lipinski definition) is 12. The van der Waals surface area contributed by atoms with E-state index < -0.39 is 11.9 Å². The molecule has 5 rings (SSSR count). The van der Waals surface area contributed by atoms with Gasteiger partial charge in [0.05, 0.1) is 28.9 Å². The third kappa shape index (κ3) is 7.26. The highest BCUT2D eigenvalue weighted by molar-refractivity contribution is 9.10. The Morgan fingerprint density at radius 3 is 1.64 bits per heavy atom. The van der Waals surface area contributed by atoms with Crippen LogP contribution in [-0.4, -0.2) is 55.3 Å². The maximum Gasteiger partial charge on any atom is 0.360 e. The molecular formula is C32H35BrN4O6S2. The molecule has 0 aliphatic rings. The van der Waals surface area contributed by atoms with Crippen LogP contribution in [-0.2, 0) is 20.3 Å². The number of fused-ring (bicyclic) bond motifs is 2. The number of esters is 2. The minimum Gasteiger partial charge on any atom is -0.504 e. The molecule has 5 aromatic rings. The van der Waals surface area contributed by atoms with Crippen molar-refractivity contribution in [3.8, 4) is 22.8 Å². The summed E-state index contributed by atoms with van der Waals surface area (Å²) in [6.07, 6.45) is 0. The molecule has 238 valence electrons. The van der Waals surface area contributed by atoms with E-state index in [0.29, 0.717) is 30.7 Å². The number of pyridine rings is 2. The molecule has 4 aromatic heterocycles. The number of rotatable bonds is 5. The molecule has 0 amide bonds. The Kier molecular flexibility index (Phi) is 10.1. The van der Waals surface area contributed by atoms with Crippen molar-refractivity contribution in [1.82, 2.24) is 19.9 Å². The minimum atomic E-state index is -0.640. The Labute approximate surface area is 277 Å². The Bertz CT molecular complexity index is 1870. The van der Waals surface area contributed by atoms with Gasteiger partial charge in [-0.2, -0.15) is 0 Å². The second-order valence-corrected chi connectivity index (χ2v) is 14.7. The van der Waals surface area contributed by atoms with Gasteiger partial charge in [0, 0.05) is 16.4 Å². The number of aromatic hydroxyl groups is 2. The number of thiazole rings is 2. The van der Waals surface area contributed by atoms with Crippen molar-refractivity contribution in [3.63, 3.8) is 0 Å². The summed E-state index contributed by atoms with van der Waals surface area (Å²) < 4.78 is 11.5. The first-order chi connectivity index (χ1) is 21.1. The fourth-order valence-electron chi connectivity index (χ4n) is 4.02. The van der Waals surface area contributed by atoms with Gasteiger partial charge in [0.15, 0.2) is 22.9 Å². The zero-order valence-corrected chi connectivity index (χ0v) is 29.5. The predicted molar refractivity (Wildman–Crippen MR) is 181 cm³/mol. The van der Waals surface area contributed by atoms with Crippen LogP contribution in [0.15, 0.2) is 34.9 Å². The van der Waals surface area contributed by atoms with Crippen LogP contribution in [0.3, 0.4) is 0 Å². The molecule has 1 aromatic carbocycles. The smallest absolute Gasteiger partial charge is 0.360 e. The number of ether oxygens (including phenoxy) is 2. The molecule has 13 heteroatoms. The van der Waals surface area contributed by atoms with Gasteiger partial charge in [-0.1, -0.05) is 71.9 Å². The minimum absolute atomic E-state index is 0.0719. The summed E-state index contributed by atoms with van der Waals surface area (Å²) in [5.41, 5.74) is 2.10. The van der Waals surface area contributed by atoms with Crippen molar-refractivity contribution in [2.24, 2.45) is 0 Å². The quantitative estimate of drug-likeness (QED) is 0.135. The summed E-state index contributed by atoms with van der Waals surface area (Å²) in [6.45, 7) is 16.2. The molecule has 2 N–H and O–H groups in total. The lowest BCUT2D eigenvalue weighted by molar-refractivity contribution is 0.0506. The highest BCUT2D eigenvalue weighted by Gasteiger charge is 2.28. The van der Waals surface area contributed by atoms with E-state index in [0.717, 1.165) is 15.6 Å². The molecule has 10 nitrogen and oxygen atoms in total. The summed E-state index contributed by atoms with van der Waals surface area (Å²) in [4.78, 5) is 41.7. The standard InChI is InChI=1S/C19H20N2O3S.C13H15BrN2O3S/c1-5-24-17(23)14-15(22)16-13(21-18(25-16)19(2,3)4)12(20-14)11-9-7-6-8-10-11;1-5-19-11(18)6-8(17)9-7(10(14)15-6)16-12(20-9)13(2,3)4/h6-10,22H,5H2,1-4H3;17H,5H2,1-4H3. The third-order valence-electron chi connectivity index (χ3n) is 6.25. The SMILES string of the molecule is CCOC(=O)c1nc(-c2ccccc2)c2nc(C(C)(C)C)sc2c1O.CCOC(=O)c1nc(Br)c2nc(C(C)(C)C)sc2c1O. The van der Waals surface area contributed by atoms with Crippen LogP contribution < -0.4 is 0 Å². The van der Waals surface area contributed by atoms with E-state index in [-0.39, 0.29) is 46.9 Å². The van der Waals surface area contributed by atoms with E-state index in [2.05, 4.69) is 51.7 Å². The molecule has 4 heterocycles. The average Bonchev–Trinajstić information content (AvgIpc) is 3.63. The molecule has 0 aliphatic carbocycles. The van der Waals surface area contributed by atoms with Crippen molar-refractivity contribution in [3.05, 3.63) is 56.3 Å². The van der Waals surface area contributed by atoms with E-state index in [1.807, 2.05) is 51.1 Å². The molecule has 45 heavy (non-hydrogen) atoms. The first kappa shape index (κ1) is 34.2. The van der Waals surface area contributed by atoms with Crippen molar-refractivity contribution in [2.45, 2.75) is 66.2 Å². The number of nitrogens with zero attached hydrogens (tertiary/aromatic N) is 4. The Hall–Kier alpha value is -3.68. The van der Waals surface area contributed by atoms with Gasteiger partial charge in [0.2, 0.25) is 0 Å². The van der Waals surface area contributed by atoms with Crippen LogP contribution in [0, 0.1) is 0 Å². The summed E-state index contributed by atoms with van der Waals surface area (Å²) in [5.74, 6) is -1.61. The number of benzene rings is 1. The lowest BCUT2D eigenvalue weighted by Gasteiger charge is -2.13. The molecule has 0 saturated heterocycles. The van der Waals surface area contributed by atoms with Crippen molar-refractivity contribution < 1.29 is 29.3 Å². The Balaban J connectivity index is 0.000000210. The van der Waals surface area contributed by atoms with Gasteiger partial charge in [-0.3, -0.25) is 0 Å². The van der Waals surface area contributed by atoms with Gasteiger partial charge in [-0.25, -0.2) is 29.5 Å². The lowest BCUT2D eigenvalue weighted by Crippen LogP contribution is -2.10. The molecule has 0 atom stereocenters. The summed E-state index contributed by atoms with van der Waals surface area (Å²) in [6, 6.07) is 9.52. The van der Waals surface area contributed by atoms with E-state index in [4.69, 9.17) is 14.5 Å². The Morgan fingerprint density at radius 2 is 1.18 bits per heavy atom. The van der Waals surface area contributed by atoms with Gasteiger partial charge in [0.25, 0.3) is 0 Å². The summed E-state index contributed by atoms with van der Waals surface area (Å²) in [7, 11) is 0. The number of aromatic nitrogens is 4. The molecule has 0 bridgehead atoms. The van der Waals surface area contributed by atoms with Crippen LogP contribution in [0.1, 0.15) is 86.4 Å². The first-order valence-electron chi connectivity index (χ1n) is 14.2. The maximum absolute atomic E-state index is 12.2. The fourth-order valence-corrected chi connectivity index (χ4v) is 6.75. The fraction of sp³-hybridized carbons (Fsp3) is 0.375. The second-order valence-electron chi connectivity index (χ2n) is 12.0. The van der Waals surface area contributed by atoms with Crippen LogP contribution in [0.4, 0.5) is 0 Å². The topological polar surface area (TPSA) is 145 Å². The van der Waals surface area contributed by atoms with Crippen molar-refractivity contribution >= 4 is 71.0 Å². The van der Waals surface area contributed by atoms with E-state index in [1.165, 1.54) is 22.7 Å². The largest absolute Gasteiger partial charge is 0.504 e. The van der Waals surface area contributed by atoms with Gasteiger partial charge in [0.1, 0.15) is 25.0 Å².